The Balaban J connectivity index is 2.13. The van der Waals surface area contributed by atoms with Crippen LogP contribution in [-0.4, -0.2) is 33.8 Å². The SMILES string of the molecule is CCN(CC)c1ncccc1CNC(=O)c1ccc(=O)n(C)n1. The predicted molar refractivity (Wildman–Crippen MR) is 88.4 cm³/mol. The summed E-state index contributed by atoms with van der Waals surface area (Å²) in [6.45, 7) is 6.17. The number of aromatic nitrogens is 3. The number of carbonyl (C=O) groups excluding carboxylic acids is 1. The van der Waals surface area contributed by atoms with Crippen molar-refractivity contribution in [2.75, 3.05) is 18.0 Å². The number of anilines is 1. The molecule has 0 aliphatic heterocycles. The van der Waals surface area contributed by atoms with E-state index in [2.05, 4.69) is 34.1 Å². The van der Waals surface area contributed by atoms with E-state index < -0.39 is 0 Å². The van der Waals surface area contributed by atoms with Gasteiger partial charge in [0.05, 0.1) is 0 Å². The van der Waals surface area contributed by atoms with Crippen molar-refractivity contribution >= 4 is 11.7 Å². The third kappa shape index (κ3) is 3.94. The van der Waals surface area contributed by atoms with Crippen molar-refractivity contribution in [1.82, 2.24) is 20.1 Å². The molecule has 0 fully saturated rings. The third-order valence-corrected chi connectivity index (χ3v) is 3.56. The molecule has 2 heterocycles. The lowest BCUT2D eigenvalue weighted by atomic mass is 10.2. The van der Waals surface area contributed by atoms with Gasteiger partial charge in [-0.15, -0.1) is 0 Å². The largest absolute Gasteiger partial charge is 0.357 e. The first-order valence-electron chi connectivity index (χ1n) is 7.58. The van der Waals surface area contributed by atoms with E-state index in [4.69, 9.17) is 0 Å². The van der Waals surface area contributed by atoms with Crippen LogP contribution in [0, 0.1) is 0 Å². The molecule has 2 rings (SSSR count). The lowest BCUT2D eigenvalue weighted by Crippen LogP contribution is -2.30. The Kier molecular flexibility index (Phi) is 5.46. The molecule has 2 aromatic rings. The number of nitrogens with one attached hydrogen (secondary N) is 1. The Morgan fingerprint density at radius 2 is 2.00 bits per heavy atom. The number of hydrogen-bond acceptors (Lipinski definition) is 5. The topological polar surface area (TPSA) is 80.1 Å². The Labute approximate surface area is 135 Å². The molecule has 0 unspecified atom stereocenters. The average Bonchev–Trinajstić information content (AvgIpc) is 2.57. The smallest absolute Gasteiger partial charge is 0.271 e. The highest BCUT2D eigenvalue weighted by molar-refractivity contribution is 5.92. The minimum Gasteiger partial charge on any atom is -0.357 e. The van der Waals surface area contributed by atoms with Gasteiger partial charge >= 0.3 is 0 Å². The zero-order valence-electron chi connectivity index (χ0n) is 13.6. The molecule has 0 radical (unpaired) electrons. The number of amides is 1. The van der Waals surface area contributed by atoms with Crippen LogP contribution in [0.15, 0.2) is 35.3 Å². The van der Waals surface area contributed by atoms with Gasteiger partial charge in [-0.25, -0.2) is 9.67 Å². The molecule has 1 amide bonds. The maximum absolute atomic E-state index is 12.2. The molecule has 0 saturated heterocycles. The second kappa shape index (κ2) is 7.53. The molecule has 7 nitrogen and oxygen atoms in total. The molecule has 23 heavy (non-hydrogen) atoms. The fourth-order valence-electron chi connectivity index (χ4n) is 2.27. The first-order valence-corrected chi connectivity index (χ1v) is 7.58. The molecule has 0 aliphatic rings. The number of carbonyl (C=O) groups is 1. The summed E-state index contributed by atoms with van der Waals surface area (Å²) in [6.07, 6.45) is 1.74. The van der Waals surface area contributed by atoms with Crippen molar-refractivity contribution in [3.05, 3.63) is 52.1 Å². The molecule has 0 saturated carbocycles. The maximum Gasteiger partial charge on any atom is 0.271 e. The quantitative estimate of drug-likeness (QED) is 0.858. The summed E-state index contributed by atoms with van der Waals surface area (Å²) in [5.41, 5.74) is 0.896. The van der Waals surface area contributed by atoms with Gasteiger partial charge in [-0.3, -0.25) is 9.59 Å². The van der Waals surface area contributed by atoms with Crippen LogP contribution in [0.3, 0.4) is 0 Å². The minimum atomic E-state index is -0.324. The van der Waals surface area contributed by atoms with Crippen LogP contribution in [0.5, 0.6) is 0 Å². The second-order valence-corrected chi connectivity index (χ2v) is 5.02. The van der Waals surface area contributed by atoms with Gasteiger partial charge in [0, 0.05) is 44.5 Å². The standard InChI is InChI=1S/C16H21N5O2/c1-4-21(5-2)15-12(7-6-10-17-15)11-18-16(23)13-8-9-14(22)20(3)19-13/h6-10H,4-5,11H2,1-3H3,(H,18,23). The van der Waals surface area contributed by atoms with E-state index in [0.717, 1.165) is 29.2 Å². The van der Waals surface area contributed by atoms with Crippen LogP contribution in [0.4, 0.5) is 5.82 Å². The van der Waals surface area contributed by atoms with Gasteiger partial charge in [-0.1, -0.05) is 6.07 Å². The highest BCUT2D eigenvalue weighted by atomic mass is 16.2. The molecule has 0 aliphatic carbocycles. The number of nitrogens with zero attached hydrogens (tertiary/aromatic N) is 4. The van der Waals surface area contributed by atoms with Crippen molar-refractivity contribution in [3.8, 4) is 0 Å². The van der Waals surface area contributed by atoms with Gasteiger partial charge in [-0.05, 0) is 26.0 Å². The Hall–Kier alpha value is -2.70. The van der Waals surface area contributed by atoms with Gasteiger partial charge in [-0.2, -0.15) is 5.10 Å². The zero-order chi connectivity index (χ0) is 16.8. The third-order valence-electron chi connectivity index (χ3n) is 3.56. The van der Waals surface area contributed by atoms with Crippen LogP contribution < -0.4 is 15.8 Å². The van der Waals surface area contributed by atoms with E-state index in [-0.39, 0.29) is 17.2 Å². The molecular formula is C16H21N5O2. The first kappa shape index (κ1) is 16.7. The van der Waals surface area contributed by atoms with Crippen LogP contribution in [0.1, 0.15) is 29.9 Å². The molecule has 0 aromatic carbocycles. The summed E-state index contributed by atoms with van der Waals surface area (Å²) in [6, 6.07) is 6.54. The van der Waals surface area contributed by atoms with E-state index in [1.807, 2.05) is 12.1 Å². The molecule has 2 aromatic heterocycles. The normalized spacial score (nSPS) is 10.4. The van der Waals surface area contributed by atoms with Crippen LogP contribution in [0.25, 0.3) is 0 Å². The van der Waals surface area contributed by atoms with Gasteiger partial charge in [0.15, 0.2) is 0 Å². The lowest BCUT2D eigenvalue weighted by Gasteiger charge is -2.22. The fourth-order valence-corrected chi connectivity index (χ4v) is 2.27. The maximum atomic E-state index is 12.2. The van der Waals surface area contributed by atoms with Crippen LogP contribution >= 0.6 is 0 Å². The Morgan fingerprint density at radius 1 is 1.26 bits per heavy atom. The number of aryl methyl sites for hydroxylation is 1. The molecule has 1 N–H and O–H groups in total. The highest BCUT2D eigenvalue weighted by Crippen LogP contribution is 2.16. The summed E-state index contributed by atoms with van der Waals surface area (Å²) in [5.74, 6) is 0.543. The van der Waals surface area contributed by atoms with Gasteiger partial charge in [0.1, 0.15) is 11.5 Å². The molecule has 0 atom stereocenters. The fraction of sp³-hybridized carbons (Fsp3) is 0.375. The summed E-state index contributed by atoms with van der Waals surface area (Å²) in [4.78, 5) is 30.0. The van der Waals surface area contributed by atoms with E-state index in [1.54, 1.807) is 6.20 Å². The molecule has 7 heteroatoms. The summed E-state index contributed by atoms with van der Waals surface area (Å²) >= 11 is 0. The molecule has 0 spiro atoms. The summed E-state index contributed by atoms with van der Waals surface area (Å²) < 4.78 is 1.14. The van der Waals surface area contributed by atoms with Gasteiger partial charge < -0.3 is 10.2 Å². The van der Waals surface area contributed by atoms with Crippen LogP contribution in [0.2, 0.25) is 0 Å². The number of pyridine rings is 1. The average molecular weight is 315 g/mol. The first-order chi connectivity index (χ1) is 11.1. The van der Waals surface area contributed by atoms with Crippen molar-refractivity contribution in [2.24, 2.45) is 7.05 Å². The highest BCUT2D eigenvalue weighted by Gasteiger charge is 2.12. The molecule has 122 valence electrons. The van der Waals surface area contributed by atoms with Crippen molar-refractivity contribution in [3.63, 3.8) is 0 Å². The summed E-state index contributed by atoms with van der Waals surface area (Å²) in [5, 5.41) is 6.76. The van der Waals surface area contributed by atoms with E-state index in [9.17, 15) is 9.59 Å². The van der Waals surface area contributed by atoms with Gasteiger partial charge in [0.25, 0.3) is 11.5 Å². The van der Waals surface area contributed by atoms with E-state index in [1.165, 1.54) is 19.2 Å². The minimum absolute atomic E-state index is 0.209. The number of hydrogen-bond donors (Lipinski definition) is 1. The van der Waals surface area contributed by atoms with Gasteiger partial charge in [0.2, 0.25) is 0 Å². The van der Waals surface area contributed by atoms with Crippen molar-refractivity contribution in [2.45, 2.75) is 20.4 Å². The van der Waals surface area contributed by atoms with Crippen LogP contribution in [-0.2, 0) is 13.6 Å². The van der Waals surface area contributed by atoms with E-state index >= 15 is 0 Å². The Bertz CT molecular complexity index is 737. The monoisotopic (exact) mass is 315 g/mol. The lowest BCUT2D eigenvalue weighted by molar-refractivity contribution is 0.0943. The van der Waals surface area contributed by atoms with Crippen molar-refractivity contribution < 1.29 is 4.79 Å². The molecular weight excluding hydrogens is 294 g/mol. The summed E-state index contributed by atoms with van der Waals surface area (Å²) in [7, 11) is 1.51. The number of rotatable bonds is 6. The van der Waals surface area contributed by atoms with E-state index in [0.29, 0.717) is 6.54 Å². The predicted octanol–water partition coefficient (Wildman–Crippen LogP) is 0.951. The second-order valence-electron chi connectivity index (χ2n) is 5.02. The van der Waals surface area contributed by atoms with Crippen molar-refractivity contribution in [1.29, 1.82) is 0 Å². The zero-order valence-corrected chi connectivity index (χ0v) is 13.6. The molecule has 0 bridgehead atoms. The Morgan fingerprint density at radius 3 is 2.65 bits per heavy atom.